The lowest BCUT2D eigenvalue weighted by Crippen LogP contribution is -2.51. The molecule has 0 aliphatic carbocycles. The second-order valence-electron chi connectivity index (χ2n) is 5.64. The molecule has 1 aromatic heterocycles. The highest BCUT2D eigenvalue weighted by Gasteiger charge is 2.23. The maximum Gasteiger partial charge on any atom is 0.321 e. The number of carbonyl (C=O) groups is 2. The summed E-state index contributed by atoms with van der Waals surface area (Å²) in [6, 6.07) is 7.34. The van der Waals surface area contributed by atoms with Crippen LogP contribution in [-0.4, -0.2) is 47.9 Å². The molecule has 7 heteroatoms. The van der Waals surface area contributed by atoms with Gasteiger partial charge in [0.1, 0.15) is 5.82 Å². The molecule has 130 valence electrons. The minimum absolute atomic E-state index is 0.0511. The van der Waals surface area contributed by atoms with Crippen LogP contribution >= 0.6 is 11.3 Å². The summed E-state index contributed by atoms with van der Waals surface area (Å²) < 4.78 is 12.9. The third kappa shape index (κ3) is 4.67. The number of nitrogens with zero attached hydrogens (tertiary/aromatic N) is 2. The SMILES string of the molecule is O=C(C=Cc1ccsc1)N1CCN(C(=O)Nc2ccc(F)cc2)CC1. The number of anilines is 1. The third-order valence-corrected chi connectivity index (χ3v) is 4.64. The quantitative estimate of drug-likeness (QED) is 0.855. The number of urea groups is 1. The Bertz CT molecular complexity index is 751. The van der Waals surface area contributed by atoms with Crippen molar-refractivity contribution in [3.05, 3.63) is 58.5 Å². The zero-order valence-corrected chi connectivity index (χ0v) is 14.3. The number of hydrogen-bond acceptors (Lipinski definition) is 3. The van der Waals surface area contributed by atoms with Gasteiger partial charge in [-0.3, -0.25) is 4.79 Å². The van der Waals surface area contributed by atoms with E-state index in [0.29, 0.717) is 31.9 Å². The molecule has 1 saturated heterocycles. The Morgan fingerprint density at radius 1 is 1.04 bits per heavy atom. The van der Waals surface area contributed by atoms with Gasteiger partial charge in [-0.1, -0.05) is 0 Å². The molecule has 2 aromatic rings. The average Bonchev–Trinajstić information content (AvgIpc) is 3.15. The van der Waals surface area contributed by atoms with Crippen molar-refractivity contribution in [1.82, 2.24) is 9.80 Å². The third-order valence-electron chi connectivity index (χ3n) is 3.94. The van der Waals surface area contributed by atoms with Crippen LogP contribution in [0.15, 0.2) is 47.2 Å². The fourth-order valence-corrected chi connectivity index (χ4v) is 3.14. The number of amides is 3. The van der Waals surface area contributed by atoms with Crippen molar-refractivity contribution < 1.29 is 14.0 Å². The minimum Gasteiger partial charge on any atom is -0.336 e. The van der Waals surface area contributed by atoms with Crippen LogP contribution in [0.1, 0.15) is 5.56 Å². The zero-order chi connectivity index (χ0) is 17.6. The molecule has 25 heavy (non-hydrogen) atoms. The molecule has 0 bridgehead atoms. The fourth-order valence-electron chi connectivity index (χ4n) is 2.51. The van der Waals surface area contributed by atoms with Crippen molar-refractivity contribution >= 4 is 35.0 Å². The summed E-state index contributed by atoms with van der Waals surface area (Å²) in [7, 11) is 0. The first-order valence-corrected chi connectivity index (χ1v) is 8.87. The van der Waals surface area contributed by atoms with E-state index >= 15 is 0 Å². The van der Waals surface area contributed by atoms with E-state index in [1.165, 1.54) is 24.3 Å². The summed E-state index contributed by atoms with van der Waals surface area (Å²) in [6.45, 7) is 1.91. The number of piperazine rings is 1. The lowest BCUT2D eigenvalue weighted by atomic mass is 10.2. The van der Waals surface area contributed by atoms with Gasteiger partial charge < -0.3 is 15.1 Å². The van der Waals surface area contributed by atoms with Crippen LogP contribution in [0.25, 0.3) is 6.08 Å². The summed E-state index contributed by atoms with van der Waals surface area (Å²) in [5.41, 5.74) is 1.55. The number of rotatable bonds is 3. The van der Waals surface area contributed by atoms with E-state index < -0.39 is 0 Å². The predicted molar refractivity (Wildman–Crippen MR) is 96.9 cm³/mol. The van der Waals surface area contributed by atoms with Crippen LogP contribution in [0, 0.1) is 5.82 Å². The van der Waals surface area contributed by atoms with Crippen molar-refractivity contribution in [1.29, 1.82) is 0 Å². The number of nitrogens with one attached hydrogen (secondary N) is 1. The first-order valence-electron chi connectivity index (χ1n) is 7.92. The van der Waals surface area contributed by atoms with Crippen LogP contribution < -0.4 is 5.32 Å². The normalized spacial score (nSPS) is 14.8. The molecule has 0 atom stereocenters. The van der Waals surface area contributed by atoms with E-state index in [4.69, 9.17) is 0 Å². The minimum atomic E-state index is -0.347. The molecule has 0 spiro atoms. The molecule has 1 fully saturated rings. The largest absolute Gasteiger partial charge is 0.336 e. The van der Waals surface area contributed by atoms with Crippen molar-refractivity contribution in [2.75, 3.05) is 31.5 Å². The van der Waals surface area contributed by atoms with Crippen molar-refractivity contribution in [3.63, 3.8) is 0 Å². The van der Waals surface area contributed by atoms with E-state index in [9.17, 15) is 14.0 Å². The highest BCUT2D eigenvalue weighted by atomic mass is 32.1. The summed E-state index contributed by atoms with van der Waals surface area (Å²) in [4.78, 5) is 27.8. The molecule has 0 saturated carbocycles. The van der Waals surface area contributed by atoms with Crippen LogP contribution in [0.2, 0.25) is 0 Å². The molecule has 1 aliphatic heterocycles. The Labute approximate surface area is 149 Å². The second-order valence-corrected chi connectivity index (χ2v) is 6.42. The standard InChI is InChI=1S/C18H18FN3O2S/c19-15-2-4-16(5-3-15)20-18(24)22-10-8-21(9-11-22)17(23)6-1-14-7-12-25-13-14/h1-7,12-13H,8-11H2,(H,20,24). The summed E-state index contributed by atoms with van der Waals surface area (Å²) in [6.07, 6.45) is 3.36. The summed E-state index contributed by atoms with van der Waals surface area (Å²) in [5, 5.41) is 6.67. The molecule has 3 amide bonds. The summed E-state index contributed by atoms with van der Waals surface area (Å²) in [5.74, 6) is -0.398. The van der Waals surface area contributed by atoms with E-state index in [-0.39, 0.29) is 17.8 Å². The molecule has 5 nitrogen and oxygen atoms in total. The molecule has 3 rings (SSSR count). The van der Waals surface area contributed by atoms with Gasteiger partial charge in [-0.25, -0.2) is 9.18 Å². The Morgan fingerprint density at radius 2 is 1.72 bits per heavy atom. The molecule has 1 aliphatic rings. The zero-order valence-electron chi connectivity index (χ0n) is 13.5. The van der Waals surface area contributed by atoms with Crippen LogP contribution in [0.5, 0.6) is 0 Å². The first-order chi connectivity index (χ1) is 12.1. The smallest absolute Gasteiger partial charge is 0.321 e. The topological polar surface area (TPSA) is 52.7 Å². The highest BCUT2D eigenvalue weighted by molar-refractivity contribution is 7.08. The molecular formula is C18H18FN3O2S. The van der Waals surface area contributed by atoms with E-state index in [1.54, 1.807) is 33.3 Å². The van der Waals surface area contributed by atoms with Gasteiger partial charge in [-0.05, 0) is 52.7 Å². The number of benzene rings is 1. The van der Waals surface area contributed by atoms with Gasteiger partial charge in [0.2, 0.25) is 5.91 Å². The van der Waals surface area contributed by atoms with Gasteiger partial charge in [-0.2, -0.15) is 11.3 Å². The van der Waals surface area contributed by atoms with Crippen LogP contribution in [-0.2, 0) is 4.79 Å². The first kappa shape index (κ1) is 17.2. The number of thiophene rings is 1. The monoisotopic (exact) mass is 359 g/mol. The summed E-state index contributed by atoms with van der Waals surface area (Å²) >= 11 is 1.58. The second kappa shape index (κ2) is 7.94. The Hall–Kier alpha value is -2.67. The Kier molecular flexibility index (Phi) is 5.45. The van der Waals surface area contributed by atoms with Gasteiger partial charge in [0.15, 0.2) is 0 Å². The van der Waals surface area contributed by atoms with Crippen molar-refractivity contribution in [2.45, 2.75) is 0 Å². The predicted octanol–water partition coefficient (Wildman–Crippen LogP) is 3.28. The lowest BCUT2D eigenvalue weighted by molar-refractivity contribution is -0.127. The van der Waals surface area contributed by atoms with Gasteiger partial charge in [-0.15, -0.1) is 0 Å². The maximum atomic E-state index is 12.9. The Morgan fingerprint density at radius 3 is 2.36 bits per heavy atom. The van der Waals surface area contributed by atoms with E-state index in [2.05, 4.69) is 5.32 Å². The van der Waals surface area contributed by atoms with E-state index in [1.807, 2.05) is 16.8 Å². The van der Waals surface area contributed by atoms with Gasteiger partial charge in [0.25, 0.3) is 0 Å². The number of halogens is 1. The van der Waals surface area contributed by atoms with Crippen LogP contribution in [0.3, 0.4) is 0 Å². The number of hydrogen-bond donors (Lipinski definition) is 1. The average molecular weight is 359 g/mol. The molecule has 0 unspecified atom stereocenters. The van der Waals surface area contributed by atoms with E-state index in [0.717, 1.165) is 5.56 Å². The number of carbonyl (C=O) groups excluding carboxylic acids is 2. The Balaban J connectivity index is 1.48. The van der Waals surface area contributed by atoms with Crippen LogP contribution in [0.4, 0.5) is 14.9 Å². The van der Waals surface area contributed by atoms with Crippen molar-refractivity contribution in [2.24, 2.45) is 0 Å². The lowest BCUT2D eigenvalue weighted by Gasteiger charge is -2.34. The molecule has 1 aromatic carbocycles. The fraction of sp³-hybridized carbons (Fsp3) is 0.222. The highest BCUT2D eigenvalue weighted by Crippen LogP contribution is 2.12. The van der Waals surface area contributed by atoms with Gasteiger partial charge in [0, 0.05) is 37.9 Å². The van der Waals surface area contributed by atoms with Gasteiger partial charge in [0.05, 0.1) is 0 Å². The maximum absolute atomic E-state index is 12.9. The van der Waals surface area contributed by atoms with Crippen molar-refractivity contribution in [3.8, 4) is 0 Å². The molecule has 1 N–H and O–H groups in total. The van der Waals surface area contributed by atoms with Gasteiger partial charge >= 0.3 is 6.03 Å². The molecular weight excluding hydrogens is 341 g/mol. The molecule has 2 heterocycles. The molecule has 0 radical (unpaired) electrons.